The van der Waals surface area contributed by atoms with E-state index < -0.39 is 0 Å². The molecule has 25 heavy (non-hydrogen) atoms. The minimum absolute atomic E-state index is 0.153. The number of rotatable bonds is 3. The molecule has 0 aliphatic carbocycles. The summed E-state index contributed by atoms with van der Waals surface area (Å²) in [5.74, 6) is 0.153. The predicted molar refractivity (Wildman–Crippen MR) is 96.3 cm³/mol. The third kappa shape index (κ3) is 3.04. The summed E-state index contributed by atoms with van der Waals surface area (Å²) in [5.41, 5.74) is 4.00. The monoisotopic (exact) mass is 337 g/mol. The molecule has 1 saturated heterocycles. The first-order chi connectivity index (χ1) is 12.1. The van der Waals surface area contributed by atoms with Crippen LogP contribution >= 0.6 is 0 Å². The second-order valence-corrected chi connectivity index (χ2v) is 6.90. The molecule has 1 aliphatic heterocycles. The molecule has 6 nitrogen and oxygen atoms in total. The van der Waals surface area contributed by atoms with Crippen LogP contribution in [0.5, 0.6) is 0 Å². The number of hydrogen-bond donors (Lipinski definition) is 1. The van der Waals surface area contributed by atoms with Crippen molar-refractivity contribution < 1.29 is 4.79 Å². The number of carbonyl (C=O) groups is 1. The standard InChI is InChI=1S/C19H23N5O/c1-13-10-14(2)24(22-13)15-6-5-9-23(12-15)19(25)11-18-16-7-3-4-8-17(16)20-21-18/h3-4,7-8,10,15H,5-6,9,11-12H2,1-2H3,(H,20,21)/t15-/m0/s1. The van der Waals surface area contributed by atoms with E-state index in [0.717, 1.165) is 53.9 Å². The zero-order valence-electron chi connectivity index (χ0n) is 14.7. The van der Waals surface area contributed by atoms with Gasteiger partial charge in [0.2, 0.25) is 5.91 Å². The summed E-state index contributed by atoms with van der Waals surface area (Å²) in [7, 11) is 0. The molecule has 1 N–H and O–H groups in total. The Bertz CT molecular complexity index is 910. The number of para-hydroxylation sites is 1. The number of benzene rings is 1. The highest BCUT2D eigenvalue weighted by atomic mass is 16.2. The number of nitrogens with one attached hydrogen (secondary N) is 1. The average molecular weight is 337 g/mol. The molecule has 3 aromatic rings. The fourth-order valence-corrected chi connectivity index (χ4v) is 3.81. The quantitative estimate of drug-likeness (QED) is 0.799. The fraction of sp³-hybridized carbons (Fsp3) is 0.421. The van der Waals surface area contributed by atoms with Gasteiger partial charge in [-0.25, -0.2) is 0 Å². The molecule has 6 heteroatoms. The van der Waals surface area contributed by atoms with Crippen LogP contribution in [-0.4, -0.2) is 43.9 Å². The van der Waals surface area contributed by atoms with Crippen molar-refractivity contribution in [2.24, 2.45) is 0 Å². The van der Waals surface area contributed by atoms with Gasteiger partial charge in [0, 0.05) is 24.2 Å². The van der Waals surface area contributed by atoms with Crippen LogP contribution in [0.3, 0.4) is 0 Å². The van der Waals surface area contributed by atoms with Crippen LogP contribution < -0.4 is 0 Å². The van der Waals surface area contributed by atoms with Crippen LogP contribution in [-0.2, 0) is 11.2 Å². The molecule has 1 fully saturated rings. The van der Waals surface area contributed by atoms with Crippen LogP contribution in [0.2, 0.25) is 0 Å². The topological polar surface area (TPSA) is 66.8 Å². The van der Waals surface area contributed by atoms with Crippen molar-refractivity contribution in [3.63, 3.8) is 0 Å². The molecule has 1 aliphatic rings. The molecule has 0 unspecified atom stereocenters. The third-order valence-corrected chi connectivity index (χ3v) is 5.01. The summed E-state index contributed by atoms with van der Waals surface area (Å²) in [6.07, 6.45) is 2.45. The van der Waals surface area contributed by atoms with E-state index in [1.54, 1.807) is 0 Å². The van der Waals surface area contributed by atoms with E-state index in [1.807, 2.05) is 36.1 Å². The van der Waals surface area contributed by atoms with Crippen LogP contribution in [0.4, 0.5) is 0 Å². The molecule has 1 atom stereocenters. The molecule has 1 aromatic carbocycles. The molecule has 2 aromatic heterocycles. The molecule has 130 valence electrons. The lowest BCUT2D eigenvalue weighted by Crippen LogP contribution is -2.42. The van der Waals surface area contributed by atoms with E-state index in [1.165, 1.54) is 0 Å². The second kappa shape index (κ2) is 6.35. The smallest absolute Gasteiger partial charge is 0.228 e. The van der Waals surface area contributed by atoms with Crippen LogP contribution in [0.15, 0.2) is 30.3 Å². The molecule has 0 saturated carbocycles. The van der Waals surface area contributed by atoms with Crippen LogP contribution in [0.25, 0.3) is 10.9 Å². The number of fused-ring (bicyclic) bond motifs is 1. The van der Waals surface area contributed by atoms with Gasteiger partial charge in [0.25, 0.3) is 0 Å². The van der Waals surface area contributed by atoms with Gasteiger partial charge >= 0.3 is 0 Å². The molecule has 0 bridgehead atoms. The first-order valence-corrected chi connectivity index (χ1v) is 8.84. The zero-order chi connectivity index (χ0) is 17.4. The molecule has 0 radical (unpaired) electrons. The number of aromatic amines is 1. The van der Waals surface area contributed by atoms with Crippen molar-refractivity contribution in [3.8, 4) is 0 Å². The number of hydrogen-bond acceptors (Lipinski definition) is 3. The van der Waals surface area contributed by atoms with Crippen molar-refractivity contribution in [2.75, 3.05) is 13.1 Å². The molecular formula is C19H23N5O. The Morgan fingerprint density at radius 3 is 2.96 bits per heavy atom. The normalized spacial score (nSPS) is 18.0. The molecular weight excluding hydrogens is 314 g/mol. The number of carbonyl (C=O) groups excluding carboxylic acids is 1. The minimum Gasteiger partial charge on any atom is -0.340 e. The van der Waals surface area contributed by atoms with Crippen molar-refractivity contribution in [2.45, 2.75) is 39.2 Å². The first-order valence-electron chi connectivity index (χ1n) is 8.84. The van der Waals surface area contributed by atoms with E-state index >= 15 is 0 Å². The number of H-pyrrole nitrogens is 1. The average Bonchev–Trinajstić information content (AvgIpc) is 3.18. The fourth-order valence-electron chi connectivity index (χ4n) is 3.81. The van der Waals surface area contributed by atoms with E-state index in [0.29, 0.717) is 6.42 Å². The Kier molecular flexibility index (Phi) is 4.03. The second-order valence-electron chi connectivity index (χ2n) is 6.90. The third-order valence-electron chi connectivity index (χ3n) is 5.01. The van der Waals surface area contributed by atoms with Gasteiger partial charge in [-0.3, -0.25) is 14.6 Å². The van der Waals surface area contributed by atoms with Crippen molar-refractivity contribution >= 4 is 16.8 Å². The number of aryl methyl sites for hydroxylation is 2. The van der Waals surface area contributed by atoms with Gasteiger partial charge in [-0.15, -0.1) is 0 Å². The van der Waals surface area contributed by atoms with Gasteiger partial charge in [0.1, 0.15) is 0 Å². The number of amides is 1. The van der Waals surface area contributed by atoms with Crippen molar-refractivity contribution in [1.29, 1.82) is 0 Å². The molecule has 1 amide bonds. The Labute approximate surface area is 146 Å². The summed E-state index contributed by atoms with van der Waals surface area (Å²) in [5, 5.41) is 12.9. The summed E-state index contributed by atoms with van der Waals surface area (Å²) >= 11 is 0. The Hall–Kier alpha value is -2.63. The SMILES string of the molecule is Cc1cc(C)n([C@H]2CCCN(C(=O)Cc3[nH]nc4ccccc34)C2)n1. The zero-order valence-corrected chi connectivity index (χ0v) is 14.7. The highest BCUT2D eigenvalue weighted by Gasteiger charge is 2.26. The summed E-state index contributed by atoms with van der Waals surface area (Å²) < 4.78 is 2.08. The van der Waals surface area contributed by atoms with Gasteiger partial charge in [0.15, 0.2) is 0 Å². The maximum absolute atomic E-state index is 12.8. The van der Waals surface area contributed by atoms with Gasteiger partial charge in [-0.1, -0.05) is 18.2 Å². The minimum atomic E-state index is 0.153. The molecule has 3 heterocycles. The Morgan fingerprint density at radius 1 is 1.32 bits per heavy atom. The number of piperidine rings is 1. The summed E-state index contributed by atoms with van der Waals surface area (Å²) in [6, 6.07) is 10.3. The molecule has 0 spiro atoms. The van der Waals surface area contributed by atoms with E-state index in [4.69, 9.17) is 0 Å². The lowest BCUT2D eigenvalue weighted by atomic mass is 10.0. The van der Waals surface area contributed by atoms with Crippen molar-refractivity contribution in [1.82, 2.24) is 24.9 Å². The first kappa shape index (κ1) is 15.9. The van der Waals surface area contributed by atoms with E-state index in [2.05, 4.69) is 33.0 Å². The Morgan fingerprint density at radius 2 is 2.16 bits per heavy atom. The van der Waals surface area contributed by atoms with Crippen LogP contribution in [0, 0.1) is 13.8 Å². The maximum atomic E-state index is 12.8. The highest BCUT2D eigenvalue weighted by Crippen LogP contribution is 2.24. The number of nitrogens with zero attached hydrogens (tertiary/aromatic N) is 4. The lowest BCUT2D eigenvalue weighted by Gasteiger charge is -2.33. The van der Waals surface area contributed by atoms with Crippen LogP contribution in [0.1, 0.15) is 36.0 Å². The molecule has 4 rings (SSSR count). The largest absolute Gasteiger partial charge is 0.340 e. The van der Waals surface area contributed by atoms with E-state index in [9.17, 15) is 4.79 Å². The van der Waals surface area contributed by atoms with Gasteiger partial charge in [0.05, 0.1) is 29.4 Å². The lowest BCUT2D eigenvalue weighted by molar-refractivity contribution is -0.132. The number of aromatic nitrogens is 4. The van der Waals surface area contributed by atoms with Gasteiger partial charge in [-0.05, 0) is 38.8 Å². The summed E-state index contributed by atoms with van der Waals surface area (Å²) in [6.45, 7) is 5.64. The van der Waals surface area contributed by atoms with E-state index in [-0.39, 0.29) is 11.9 Å². The summed E-state index contributed by atoms with van der Waals surface area (Å²) in [4.78, 5) is 14.8. The predicted octanol–water partition coefficient (Wildman–Crippen LogP) is 2.78. The van der Waals surface area contributed by atoms with Crippen molar-refractivity contribution in [3.05, 3.63) is 47.4 Å². The number of likely N-dealkylation sites (tertiary alicyclic amines) is 1. The highest BCUT2D eigenvalue weighted by molar-refractivity contribution is 5.87. The van der Waals surface area contributed by atoms with Gasteiger partial charge in [-0.2, -0.15) is 10.2 Å². The van der Waals surface area contributed by atoms with Gasteiger partial charge < -0.3 is 4.90 Å². The Balaban J connectivity index is 1.49. The maximum Gasteiger partial charge on any atom is 0.228 e.